The number of rotatable bonds is 0. The lowest BCUT2D eigenvalue weighted by molar-refractivity contribution is 1.31. The van der Waals surface area contributed by atoms with Crippen LogP contribution in [0.3, 0.4) is 0 Å². The molecule has 0 saturated carbocycles. The Morgan fingerprint density at radius 2 is 2.29 bits per heavy atom. The Morgan fingerprint density at radius 1 is 1.57 bits per heavy atom. The molecule has 1 saturated heterocycles. The maximum atomic E-state index is 3.82. The van der Waals surface area contributed by atoms with E-state index >= 15 is 0 Å². The minimum absolute atomic E-state index is 0.844. The smallest absolute Gasteiger partial charge is 0.101 e. The molecule has 1 aliphatic rings. The van der Waals surface area contributed by atoms with Crippen LogP contribution in [0.25, 0.3) is 0 Å². The SMILES string of the molecule is C=C1[CH+][Si]C(=C)C1. The fourth-order valence-corrected chi connectivity index (χ4v) is 1.42. The van der Waals surface area contributed by atoms with Gasteiger partial charge in [0.2, 0.25) is 9.52 Å². The van der Waals surface area contributed by atoms with Gasteiger partial charge in [-0.3, -0.25) is 0 Å². The normalized spacial score (nSPS) is 20.0. The Hall–Kier alpha value is -0.433. The first-order valence-corrected chi connectivity index (χ1v) is 3.32. The summed E-state index contributed by atoms with van der Waals surface area (Å²) < 4.78 is 0. The van der Waals surface area contributed by atoms with E-state index in [1.54, 1.807) is 0 Å². The Morgan fingerprint density at radius 3 is 2.43 bits per heavy atom. The fraction of sp³-hybridized carbons (Fsp3) is 0.167. The van der Waals surface area contributed by atoms with Gasteiger partial charge in [0.15, 0.2) is 0 Å². The lowest BCUT2D eigenvalue weighted by atomic mass is 10.2. The van der Waals surface area contributed by atoms with Crippen molar-refractivity contribution in [3.05, 3.63) is 30.0 Å². The highest BCUT2D eigenvalue weighted by Crippen LogP contribution is 2.17. The summed E-state index contributed by atoms with van der Waals surface area (Å²) in [6.45, 7) is 7.62. The van der Waals surface area contributed by atoms with Crippen LogP contribution >= 0.6 is 0 Å². The zero-order valence-corrected chi connectivity index (χ0v) is 5.20. The first-order chi connectivity index (χ1) is 3.29. The molecule has 1 heteroatoms. The molecule has 0 amide bonds. The molecule has 1 rings (SSSR count). The van der Waals surface area contributed by atoms with Crippen molar-refractivity contribution in [3.63, 3.8) is 0 Å². The van der Waals surface area contributed by atoms with E-state index in [0.717, 1.165) is 15.9 Å². The second-order valence-electron chi connectivity index (χ2n) is 1.73. The predicted octanol–water partition coefficient (Wildman–Crippen LogP) is 1.33. The van der Waals surface area contributed by atoms with Gasteiger partial charge >= 0.3 is 0 Å². The third kappa shape index (κ3) is 0.965. The van der Waals surface area contributed by atoms with Crippen LogP contribution in [0.15, 0.2) is 23.9 Å². The molecule has 0 aromatic rings. The standard InChI is InChI=1S/C6H7Si/c1-5-3-6(2)7-4-5/h4H,1-3H2/q+1. The molecule has 0 aliphatic carbocycles. The zero-order valence-electron chi connectivity index (χ0n) is 4.20. The molecule has 0 bridgehead atoms. The van der Waals surface area contributed by atoms with Crippen molar-refractivity contribution < 1.29 is 0 Å². The average Bonchev–Trinajstić information content (AvgIpc) is 1.87. The molecule has 1 aliphatic heterocycles. The van der Waals surface area contributed by atoms with Gasteiger partial charge in [-0.15, -0.1) is 6.58 Å². The molecule has 0 aromatic carbocycles. The van der Waals surface area contributed by atoms with Crippen molar-refractivity contribution in [3.8, 4) is 0 Å². The number of hydrogen-bond acceptors (Lipinski definition) is 0. The molecule has 0 aromatic heterocycles. The molecule has 1 heterocycles. The van der Waals surface area contributed by atoms with Gasteiger partial charge in [-0.25, -0.2) is 0 Å². The Balaban J connectivity index is 2.55. The van der Waals surface area contributed by atoms with Crippen molar-refractivity contribution in [2.45, 2.75) is 6.42 Å². The van der Waals surface area contributed by atoms with Crippen LogP contribution in [-0.2, 0) is 0 Å². The summed E-state index contributed by atoms with van der Waals surface area (Å²) >= 11 is 0. The van der Waals surface area contributed by atoms with Crippen LogP contribution in [0.2, 0.25) is 0 Å². The first kappa shape index (κ1) is 4.72. The first-order valence-electron chi connectivity index (χ1n) is 2.24. The summed E-state index contributed by atoms with van der Waals surface area (Å²) in [4.78, 5) is 0. The zero-order chi connectivity index (χ0) is 5.28. The third-order valence-corrected chi connectivity index (χ3v) is 2.06. The van der Waals surface area contributed by atoms with Crippen LogP contribution in [0.4, 0.5) is 0 Å². The molecule has 0 nitrogen and oxygen atoms in total. The highest BCUT2D eigenvalue weighted by Gasteiger charge is 2.16. The van der Waals surface area contributed by atoms with Gasteiger partial charge in [0, 0.05) is 19.0 Å². The van der Waals surface area contributed by atoms with Crippen molar-refractivity contribution in [2.24, 2.45) is 0 Å². The van der Waals surface area contributed by atoms with Crippen molar-refractivity contribution >= 4 is 9.52 Å². The van der Waals surface area contributed by atoms with Crippen LogP contribution in [0.5, 0.6) is 0 Å². The molecule has 0 N–H and O–H groups in total. The summed E-state index contributed by atoms with van der Waals surface area (Å²) in [5, 5.41) is 1.32. The molecular formula is C6H7Si+. The van der Waals surface area contributed by atoms with Crippen LogP contribution < -0.4 is 0 Å². The van der Waals surface area contributed by atoms with E-state index in [1.807, 2.05) is 0 Å². The quantitative estimate of drug-likeness (QED) is 0.323. The van der Waals surface area contributed by atoms with Gasteiger partial charge < -0.3 is 0 Å². The Labute approximate surface area is 46.8 Å². The van der Waals surface area contributed by atoms with Gasteiger partial charge in [0.05, 0.1) is 5.57 Å². The van der Waals surface area contributed by atoms with E-state index < -0.39 is 0 Å². The second kappa shape index (κ2) is 1.58. The van der Waals surface area contributed by atoms with E-state index in [-0.39, 0.29) is 0 Å². The summed E-state index contributed by atoms with van der Waals surface area (Å²) in [5.74, 6) is 0. The van der Waals surface area contributed by atoms with E-state index in [0.29, 0.717) is 0 Å². The minimum atomic E-state index is 0.844. The topological polar surface area (TPSA) is 0 Å². The molecular weight excluding hydrogens is 100 g/mol. The summed E-state index contributed by atoms with van der Waals surface area (Å²) in [5.41, 5.74) is 1.24. The molecule has 0 atom stereocenters. The van der Waals surface area contributed by atoms with Crippen LogP contribution in [0.1, 0.15) is 6.42 Å². The van der Waals surface area contributed by atoms with Crippen molar-refractivity contribution in [2.75, 3.05) is 0 Å². The highest BCUT2D eigenvalue weighted by molar-refractivity contribution is 6.52. The van der Waals surface area contributed by atoms with E-state index in [4.69, 9.17) is 0 Å². The van der Waals surface area contributed by atoms with Crippen molar-refractivity contribution in [1.29, 1.82) is 0 Å². The molecule has 0 unspecified atom stereocenters. The Bertz CT molecular complexity index is 99.3. The molecule has 7 heavy (non-hydrogen) atoms. The maximum Gasteiger partial charge on any atom is 0.245 e. The molecule has 0 spiro atoms. The van der Waals surface area contributed by atoms with E-state index in [9.17, 15) is 0 Å². The number of allylic oxidation sites excluding steroid dienone is 2. The van der Waals surface area contributed by atoms with Gasteiger partial charge in [-0.2, -0.15) is 0 Å². The maximum absolute atomic E-state index is 3.82. The van der Waals surface area contributed by atoms with E-state index in [2.05, 4.69) is 19.2 Å². The van der Waals surface area contributed by atoms with Crippen LogP contribution in [0, 0.1) is 6.04 Å². The average molecular weight is 107 g/mol. The molecule has 34 valence electrons. The van der Waals surface area contributed by atoms with Gasteiger partial charge in [0.1, 0.15) is 0 Å². The Kier molecular flexibility index (Phi) is 1.07. The van der Waals surface area contributed by atoms with Crippen LogP contribution in [-0.4, -0.2) is 9.52 Å². The second-order valence-corrected chi connectivity index (χ2v) is 3.01. The lowest BCUT2D eigenvalue weighted by Gasteiger charge is -1.75. The predicted molar refractivity (Wildman–Crippen MR) is 33.0 cm³/mol. The largest absolute Gasteiger partial charge is 0.245 e. The summed E-state index contributed by atoms with van der Waals surface area (Å²) in [6.07, 6.45) is 1.04. The van der Waals surface area contributed by atoms with Crippen molar-refractivity contribution in [1.82, 2.24) is 0 Å². The summed E-state index contributed by atoms with van der Waals surface area (Å²) in [7, 11) is 0.844. The monoisotopic (exact) mass is 107 g/mol. The van der Waals surface area contributed by atoms with Gasteiger partial charge in [-0.1, -0.05) is 5.20 Å². The highest BCUT2D eigenvalue weighted by atomic mass is 28.2. The van der Waals surface area contributed by atoms with Gasteiger partial charge in [0.25, 0.3) is 0 Å². The third-order valence-electron chi connectivity index (χ3n) is 0.921. The molecule has 1 fully saturated rings. The van der Waals surface area contributed by atoms with Gasteiger partial charge in [-0.05, 0) is 0 Å². The van der Waals surface area contributed by atoms with E-state index in [1.165, 1.54) is 10.8 Å². The number of hydrogen-bond donors (Lipinski definition) is 0. The lowest BCUT2D eigenvalue weighted by Crippen LogP contribution is -1.79. The molecule has 2 radical (unpaired) electrons. The summed E-state index contributed by atoms with van der Waals surface area (Å²) in [6, 6.07) is 2.16. The minimum Gasteiger partial charge on any atom is -0.101 e. The fourth-order valence-electron chi connectivity index (χ4n) is 0.580.